The first-order valence-corrected chi connectivity index (χ1v) is 11.1. The van der Waals surface area contributed by atoms with E-state index in [2.05, 4.69) is 0 Å². The van der Waals surface area contributed by atoms with Crippen LogP contribution >= 0.6 is 0 Å². The molecule has 2 aliphatic rings. The molecule has 0 bridgehead atoms. The van der Waals surface area contributed by atoms with Gasteiger partial charge in [-0.15, -0.1) is 0 Å². The van der Waals surface area contributed by atoms with Crippen molar-refractivity contribution < 1.29 is 47.7 Å². The predicted octanol–water partition coefficient (Wildman–Crippen LogP) is 2.61. The highest BCUT2D eigenvalue weighted by Gasteiger charge is 2.44. The molecule has 0 N–H and O–H groups in total. The molecule has 4 rings (SSSR count). The van der Waals surface area contributed by atoms with Crippen molar-refractivity contribution in [3.05, 3.63) is 45.5 Å². The van der Waals surface area contributed by atoms with Crippen molar-refractivity contribution in [2.75, 3.05) is 21.3 Å². The number of fused-ring (bicyclic) bond motifs is 3. The van der Waals surface area contributed by atoms with E-state index in [1.165, 1.54) is 40.4 Å². The van der Waals surface area contributed by atoms with Gasteiger partial charge in [-0.1, -0.05) is 0 Å². The van der Waals surface area contributed by atoms with Crippen molar-refractivity contribution in [3.8, 4) is 23.0 Å². The van der Waals surface area contributed by atoms with Crippen LogP contribution in [0, 0.1) is 5.92 Å². The van der Waals surface area contributed by atoms with Gasteiger partial charge in [0, 0.05) is 25.0 Å². The first kappa shape index (κ1) is 24.9. The maximum absolute atomic E-state index is 14.0. The fourth-order valence-corrected chi connectivity index (χ4v) is 4.87. The third-order valence-corrected chi connectivity index (χ3v) is 6.31. The molecule has 188 valence electrons. The van der Waals surface area contributed by atoms with E-state index >= 15 is 0 Å². The molecule has 2 aromatic carbocycles. The second-order valence-corrected chi connectivity index (χ2v) is 8.39. The number of carbonyl (C=O) groups excluding carboxylic acids is 5. The van der Waals surface area contributed by atoms with Crippen molar-refractivity contribution in [3.63, 3.8) is 0 Å². The highest BCUT2D eigenvalue weighted by atomic mass is 16.5. The van der Waals surface area contributed by atoms with Crippen molar-refractivity contribution in [2.24, 2.45) is 5.92 Å². The molecule has 36 heavy (non-hydrogen) atoms. The Hall–Kier alpha value is -4.21. The van der Waals surface area contributed by atoms with Crippen LogP contribution in [0.2, 0.25) is 0 Å². The second kappa shape index (κ2) is 9.44. The van der Waals surface area contributed by atoms with Gasteiger partial charge in [-0.3, -0.25) is 24.0 Å². The molecule has 0 saturated carbocycles. The Balaban J connectivity index is 2.12. The van der Waals surface area contributed by atoms with Gasteiger partial charge in [0.25, 0.3) is 0 Å². The van der Waals surface area contributed by atoms with Gasteiger partial charge < -0.3 is 23.7 Å². The van der Waals surface area contributed by atoms with Crippen LogP contribution in [-0.4, -0.2) is 50.8 Å². The topological polar surface area (TPSA) is 132 Å². The molecule has 1 unspecified atom stereocenters. The van der Waals surface area contributed by atoms with E-state index in [0.29, 0.717) is 17.5 Å². The van der Waals surface area contributed by atoms with Crippen LogP contribution in [0.3, 0.4) is 0 Å². The van der Waals surface area contributed by atoms with Crippen LogP contribution in [0.15, 0.2) is 12.1 Å². The number of benzene rings is 2. The summed E-state index contributed by atoms with van der Waals surface area (Å²) in [7, 11) is 3.97. The van der Waals surface area contributed by atoms with Gasteiger partial charge in [0.1, 0.15) is 23.0 Å². The number of hydrogen-bond donors (Lipinski definition) is 0. The first-order valence-electron chi connectivity index (χ1n) is 11.1. The van der Waals surface area contributed by atoms with Crippen molar-refractivity contribution in [1.29, 1.82) is 0 Å². The molecule has 2 aromatic rings. The Morgan fingerprint density at radius 2 is 1.22 bits per heavy atom. The second-order valence-electron chi connectivity index (χ2n) is 8.39. The molecule has 0 aromatic heterocycles. The molecule has 0 aliphatic heterocycles. The lowest BCUT2D eigenvalue weighted by Crippen LogP contribution is -2.30. The minimum atomic E-state index is -0.733. The molecule has 10 heteroatoms. The highest BCUT2D eigenvalue weighted by Crippen LogP contribution is 2.50. The Bertz CT molecular complexity index is 1340. The van der Waals surface area contributed by atoms with Gasteiger partial charge in [0.2, 0.25) is 11.6 Å². The van der Waals surface area contributed by atoms with Gasteiger partial charge >= 0.3 is 17.9 Å². The molecule has 1 atom stereocenters. The quantitative estimate of drug-likeness (QED) is 0.384. The number of esters is 3. The lowest BCUT2D eigenvalue weighted by molar-refractivity contribution is -0.145. The summed E-state index contributed by atoms with van der Waals surface area (Å²) in [6, 6.07) is 2.98. The Morgan fingerprint density at radius 3 is 1.64 bits per heavy atom. The normalized spacial score (nSPS) is 15.8. The Labute approximate surface area is 206 Å². The van der Waals surface area contributed by atoms with Crippen molar-refractivity contribution >= 4 is 29.5 Å². The van der Waals surface area contributed by atoms with E-state index in [9.17, 15) is 24.0 Å². The zero-order valence-electron chi connectivity index (χ0n) is 20.4. The van der Waals surface area contributed by atoms with Crippen molar-refractivity contribution in [1.82, 2.24) is 0 Å². The van der Waals surface area contributed by atoms with Crippen LogP contribution in [0.25, 0.3) is 0 Å². The smallest absolute Gasteiger partial charge is 0.309 e. The molecular weight excluding hydrogens is 472 g/mol. The number of methoxy groups -OCH3 is 3. The van der Waals surface area contributed by atoms with Gasteiger partial charge in [0.05, 0.1) is 49.5 Å². The summed E-state index contributed by atoms with van der Waals surface area (Å²) in [4.78, 5) is 64.5. The summed E-state index contributed by atoms with van der Waals surface area (Å²) in [6.07, 6.45) is 0.598. The van der Waals surface area contributed by atoms with E-state index in [-0.39, 0.29) is 58.1 Å². The molecule has 0 fully saturated rings. The fraction of sp³-hybridized carbons (Fsp3) is 0.346. The average Bonchev–Trinajstić information content (AvgIpc) is 2.86. The Morgan fingerprint density at radius 1 is 0.750 bits per heavy atom. The summed E-state index contributed by atoms with van der Waals surface area (Å²) in [5, 5.41) is 0. The predicted molar refractivity (Wildman–Crippen MR) is 123 cm³/mol. The molecular formula is C26H24O10. The van der Waals surface area contributed by atoms with Crippen molar-refractivity contribution in [2.45, 2.75) is 33.1 Å². The van der Waals surface area contributed by atoms with Crippen LogP contribution in [0.1, 0.15) is 63.2 Å². The molecule has 0 heterocycles. The van der Waals surface area contributed by atoms with Gasteiger partial charge in [-0.05, 0) is 31.4 Å². The first-order chi connectivity index (χ1) is 17.1. The maximum atomic E-state index is 14.0. The molecule has 2 aliphatic carbocycles. The van der Waals surface area contributed by atoms with Gasteiger partial charge in [-0.2, -0.15) is 0 Å². The summed E-state index contributed by atoms with van der Waals surface area (Å²) >= 11 is 0. The molecule has 0 saturated heterocycles. The molecule has 0 radical (unpaired) electrons. The van der Waals surface area contributed by atoms with E-state index in [1.54, 1.807) is 0 Å². The van der Waals surface area contributed by atoms with Gasteiger partial charge in [0.15, 0.2) is 0 Å². The maximum Gasteiger partial charge on any atom is 0.309 e. The molecule has 0 spiro atoms. The third-order valence-electron chi connectivity index (χ3n) is 6.31. The average molecular weight is 496 g/mol. The monoisotopic (exact) mass is 496 g/mol. The van der Waals surface area contributed by atoms with Crippen LogP contribution in [-0.2, 0) is 32.0 Å². The third kappa shape index (κ3) is 3.88. The lowest BCUT2D eigenvalue weighted by Gasteiger charge is -2.31. The van der Waals surface area contributed by atoms with E-state index in [4.69, 9.17) is 23.7 Å². The lowest BCUT2D eigenvalue weighted by atomic mass is 9.75. The molecule has 10 nitrogen and oxygen atoms in total. The minimum absolute atomic E-state index is 0.0513. The van der Waals surface area contributed by atoms with Crippen LogP contribution in [0.5, 0.6) is 23.0 Å². The highest BCUT2D eigenvalue weighted by molar-refractivity contribution is 6.32. The SMILES string of the molecule is COC(=O)C1CCc2c(c(OC(C)=O)c3c(c2OC(C)=O)C(=O)c2c(OC)ccc(OC)c2C3=O)C1. The fourth-order valence-electron chi connectivity index (χ4n) is 4.87. The number of carbonyl (C=O) groups is 5. The minimum Gasteiger partial charge on any atom is -0.496 e. The largest absolute Gasteiger partial charge is 0.496 e. The standard InChI is InChI=1S/C26H24O10/c1-11(27)35-24-14-7-6-13(26(31)34-5)10-15(14)25(36-12(2)28)21-20(24)22(29)18-16(32-3)8-9-17(33-4)19(18)23(21)30/h8-9,13H,6-7,10H2,1-5H3. The number of hydrogen-bond acceptors (Lipinski definition) is 10. The van der Waals surface area contributed by atoms with Crippen LogP contribution < -0.4 is 18.9 Å². The summed E-state index contributed by atoms with van der Waals surface area (Å²) < 4.78 is 26.6. The van der Waals surface area contributed by atoms with Gasteiger partial charge in [-0.25, -0.2) is 0 Å². The molecule has 0 amide bonds. The zero-order valence-corrected chi connectivity index (χ0v) is 20.4. The van der Waals surface area contributed by atoms with Crippen LogP contribution in [0.4, 0.5) is 0 Å². The number of ether oxygens (including phenoxy) is 5. The Kier molecular flexibility index (Phi) is 6.53. The number of ketones is 2. The summed E-state index contributed by atoms with van der Waals surface area (Å²) in [6.45, 7) is 2.33. The number of rotatable bonds is 5. The van der Waals surface area contributed by atoms with E-state index in [0.717, 1.165) is 6.92 Å². The summed E-state index contributed by atoms with van der Waals surface area (Å²) in [5.41, 5.74) is 0.159. The zero-order chi connectivity index (χ0) is 26.3. The van der Waals surface area contributed by atoms with E-state index in [1.807, 2.05) is 0 Å². The van der Waals surface area contributed by atoms with E-state index < -0.39 is 35.4 Å². The summed E-state index contributed by atoms with van der Waals surface area (Å²) in [5.74, 6) is -3.84.